The number of hydrogen-bond donors (Lipinski definition) is 1. The Kier molecular flexibility index (Phi) is 3.89. The third-order valence-electron chi connectivity index (χ3n) is 2.49. The topological polar surface area (TPSA) is 46.2 Å². The molecule has 2 rings (SSSR count). The first-order valence-electron chi connectivity index (χ1n) is 5.32. The molecule has 0 fully saturated rings. The molecule has 0 aliphatic heterocycles. The Bertz CT molecular complexity index is 579. The van der Waals surface area contributed by atoms with E-state index in [1.807, 2.05) is 12.1 Å². The molecule has 0 unspecified atom stereocenters. The molecule has 0 saturated carbocycles. The molecule has 90 valence electrons. The molecule has 18 heavy (non-hydrogen) atoms. The number of para-hydroxylation sites is 1. The zero-order chi connectivity index (χ0) is 13.0. The lowest BCUT2D eigenvalue weighted by Crippen LogP contribution is -2.06. The Morgan fingerprint density at radius 1 is 1.06 bits per heavy atom. The monoisotopic (exact) mass is 303 g/mol. The molecule has 0 bridgehead atoms. The third-order valence-corrected chi connectivity index (χ3v) is 3.02. The molecule has 0 atom stereocenters. The van der Waals surface area contributed by atoms with E-state index in [2.05, 4.69) is 21.2 Å². The average molecular weight is 304 g/mol. The molecule has 0 saturated heterocycles. The quantitative estimate of drug-likeness (QED) is 0.696. The van der Waals surface area contributed by atoms with E-state index in [1.165, 1.54) is 0 Å². The summed E-state index contributed by atoms with van der Waals surface area (Å²) in [6.45, 7) is 0. The van der Waals surface area contributed by atoms with Crippen molar-refractivity contribution in [3.63, 3.8) is 0 Å². The van der Waals surface area contributed by atoms with E-state index in [9.17, 15) is 9.59 Å². The van der Waals surface area contributed by atoms with Crippen molar-refractivity contribution in [1.82, 2.24) is 0 Å². The van der Waals surface area contributed by atoms with Gasteiger partial charge < -0.3 is 5.32 Å². The fourth-order valence-corrected chi connectivity index (χ4v) is 1.89. The highest BCUT2D eigenvalue weighted by molar-refractivity contribution is 9.10. The normalized spacial score (nSPS) is 9.83. The van der Waals surface area contributed by atoms with Crippen LogP contribution in [0.15, 0.2) is 53.0 Å². The second kappa shape index (κ2) is 5.60. The summed E-state index contributed by atoms with van der Waals surface area (Å²) in [5.41, 5.74) is 1.57. The van der Waals surface area contributed by atoms with Gasteiger partial charge in [0.1, 0.15) is 0 Å². The van der Waals surface area contributed by atoms with Gasteiger partial charge in [-0.3, -0.25) is 9.59 Å². The zero-order valence-corrected chi connectivity index (χ0v) is 11.0. The van der Waals surface area contributed by atoms with Crippen LogP contribution in [-0.4, -0.2) is 12.2 Å². The van der Waals surface area contributed by atoms with Crippen LogP contribution in [0.25, 0.3) is 0 Å². The number of carbonyl (C=O) groups is 2. The molecule has 3 nitrogen and oxygen atoms in total. The van der Waals surface area contributed by atoms with Gasteiger partial charge in [-0.15, -0.1) is 0 Å². The molecule has 0 aromatic heterocycles. The van der Waals surface area contributed by atoms with Gasteiger partial charge in [0.05, 0.1) is 5.69 Å². The van der Waals surface area contributed by atoms with E-state index < -0.39 is 0 Å². The Morgan fingerprint density at radius 2 is 1.72 bits per heavy atom. The van der Waals surface area contributed by atoms with Crippen molar-refractivity contribution in [3.8, 4) is 0 Å². The van der Waals surface area contributed by atoms with Gasteiger partial charge in [-0.25, -0.2) is 0 Å². The second-order valence-electron chi connectivity index (χ2n) is 3.64. The highest BCUT2D eigenvalue weighted by Gasteiger charge is 2.12. The smallest absolute Gasteiger partial charge is 0.211 e. The fourth-order valence-electron chi connectivity index (χ4n) is 1.63. The predicted molar refractivity (Wildman–Crippen MR) is 73.7 cm³/mol. The lowest BCUT2D eigenvalue weighted by atomic mass is 10.0. The maximum Gasteiger partial charge on any atom is 0.211 e. The van der Waals surface area contributed by atoms with Crippen molar-refractivity contribution < 1.29 is 9.59 Å². The summed E-state index contributed by atoms with van der Waals surface area (Å²) >= 11 is 3.32. The van der Waals surface area contributed by atoms with E-state index >= 15 is 0 Å². The van der Waals surface area contributed by atoms with E-state index in [0.717, 1.165) is 4.47 Å². The van der Waals surface area contributed by atoms with Crippen LogP contribution in [-0.2, 0) is 4.79 Å². The summed E-state index contributed by atoms with van der Waals surface area (Å²) in [5.74, 6) is -0.118. The van der Waals surface area contributed by atoms with Crippen LogP contribution in [0.1, 0.15) is 15.9 Å². The Hall–Kier alpha value is -1.94. The Balaban J connectivity index is 2.39. The molecule has 2 aromatic rings. The number of hydrogen-bond acceptors (Lipinski definition) is 2. The number of anilines is 1. The van der Waals surface area contributed by atoms with E-state index in [1.54, 1.807) is 36.4 Å². The van der Waals surface area contributed by atoms with Crippen LogP contribution in [0.5, 0.6) is 0 Å². The second-order valence-corrected chi connectivity index (χ2v) is 4.56. The lowest BCUT2D eigenvalue weighted by Gasteiger charge is -2.07. The van der Waals surface area contributed by atoms with Crippen LogP contribution < -0.4 is 5.32 Å². The molecule has 1 amide bonds. The third kappa shape index (κ3) is 2.65. The first-order chi connectivity index (χ1) is 8.72. The zero-order valence-electron chi connectivity index (χ0n) is 9.39. The number of amides is 1. The highest BCUT2D eigenvalue weighted by Crippen LogP contribution is 2.20. The van der Waals surface area contributed by atoms with Gasteiger partial charge in [-0.1, -0.05) is 28.1 Å². The molecule has 2 aromatic carbocycles. The summed E-state index contributed by atoms with van der Waals surface area (Å²) in [5, 5.41) is 2.53. The molecule has 4 heteroatoms. The minimum absolute atomic E-state index is 0.118. The van der Waals surface area contributed by atoms with Gasteiger partial charge >= 0.3 is 0 Å². The maximum absolute atomic E-state index is 12.3. The molecule has 0 spiro atoms. The van der Waals surface area contributed by atoms with Gasteiger partial charge in [0.15, 0.2) is 5.78 Å². The van der Waals surface area contributed by atoms with E-state index in [-0.39, 0.29) is 5.78 Å². The van der Waals surface area contributed by atoms with Gasteiger partial charge in [0.2, 0.25) is 6.41 Å². The highest BCUT2D eigenvalue weighted by atomic mass is 79.9. The predicted octanol–water partition coefficient (Wildman–Crippen LogP) is 3.25. The van der Waals surface area contributed by atoms with Crippen molar-refractivity contribution in [2.24, 2.45) is 0 Å². The van der Waals surface area contributed by atoms with Gasteiger partial charge in [-0.05, 0) is 36.4 Å². The van der Waals surface area contributed by atoms with Crippen LogP contribution in [0, 0.1) is 0 Å². The number of halogens is 1. The summed E-state index contributed by atoms with van der Waals surface area (Å²) in [7, 11) is 0. The molecular formula is C14H10BrNO2. The van der Waals surface area contributed by atoms with Crippen molar-refractivity contribution in [2.75, 3.05) is 5.32 Å². The van der Waals surface area contributed by atoms with Gasteiger partial charge in [-0.2, -0.15) is 0 Å². The fraction of sp³-hybridized carbons (Fsp3) is 0. The SMILES string of the molecule is O=CNc1ccccc1C(=O)c1ccc(Br)cc1. The van der Waals surface area contributed by atoms with Crippen molar-refractivity contribution >= 4 is 33.8 Å². The molecule has 0 heterocycles. The number of rotatable bonds is 4. The standard InChI is InChI=1S/C14H10BrNO2/c15-11-7-5-10(6-8-11)14(18)12-3-1-2-4-13(12)16-9-17/h1-9H,(H,16,17). The lowest BCUT2D eigenvalue weighted by molar-refractivity contribution is -0.105. The molecular weight excluding hydrogens is 294 g/mol. The number of nitrogens with one attached hydrogen (secondary N) is 1. The minimum Gasteiger partial charge on any atom is -0.328 e. The molecule has 0 radical (unpaired) electrons. The summed E-state index contributed by atoms with van der Waals surface area (Å²) in [4.78, 5) is 22.8. The van der Waals surface area contributed by atoms with Crippen LogP contribution in [0.4, 0.5) is 5.69 Å². The van der Waals surface area contributed by atoms with E-state index in [4.69, 9.17) is 0 Å². The maximum atomic E-state index is 12.3. The largest absolute Gasteiger partial charge is 0.328 e. The van der Waals surface area contributed by atoms with Gasteiger partial charge in [0.25, 0.3) is 0 Å². The Labute approximate surface area is 113 Å². The van der Waals surface area contributed by atoms with Crippen molar-refractivity contribution in [3.05, 3.63) is 64.1 Å². The van der Waals surface area contributed by atoms with Crippen molar-refractivity contribution in [1.29, 1.82) is 0 Å². The molecule has 0 aliphatic carbocycles. The molecule has 1 N–H and O–H groups in total. The summed E-state index contributed by atoms with van der Waals surface area (Å²) in [6, 6.07) is 14.0. The number of carbonyl (C=O) groups excluding carboxylic acids is 2. The van der Waals surface area contributed by atoms with Crippen LogP contribution in [0.2, 0.25) is 0 Å². The Morgan fingerprint density at radius 3 is 2.39 bits per heavy atom. The average Bonchev–Trinajstić information content (AvgIpc) is 2.40. The van der Waals surface area contributed by atoms with Crippen LogP contribution >= 0.6 is 15.9 Å². The number of ketones is 1. The minimum atomic E-state index is -0.118. The van der Waals surface area contributed by atoms with E-state index in [0.29, 0.717) is 23.2 Å². The van der Waals surface area contributed by atoms with Gasteiger partial charge in [0, 0.05) is 15.6 Å². The molecule has 0 aliphatic rings. The first-order valence-corrected chi connectivity index (χ1v) is 6.11. The first kappa shape index (κ1) is 12.5. The summed E-state index contributed by atoms with van der Waals surface area (Å²) < 4.78 is 0.915. The van der Waals surface area contributed by atoms with Crippen LogP contribution in [0.3, 0.4) is 0 Å². The van der Waals surface area contributed by atoms with Crippen molar-refractivity contribution in [2.45, 2.75) is 0 Å². The number of benzene rings is 2. The summed E-state index contributed by atoms with van der Waals surface area (Å²) in [6.07, 6.45) is 0.563.